The Bertz CT molecular complexity index is 1280. The maximum absolute atomic E-state index is 13.0. The number of nitrogens with zero attached hydrogens (tertiary/aromatic N) is 3. The van der Waals surface area contributed by atoms with Crippen LogP contribution >= 0.6 is 11.3 Å². The third-order valence-electron chi connectivity index (χ3n) is 5.16. The van der Waals surface area contributed by atoms with E-state index in [9.17, 15) is 9.59 Å². The zero-order chi connectivity index (χ0) is 22.1. The number of furan rings is 1. The Morgan fingerprint density at radius 2 is 2.16 bits per heavy atom. The molecule has 0 unspecified atom stereocenters. The summed E-state index contributed by atoms with van der Waals surface area (Å²) in [6, 6.07) is 12.5. The number of hydrogen-bond acceptors (Lipinski definition) is 7. The number of H-pyrrole nitrogens is 1. The molecule has 4 heterocycles. The zero-order valence-electron chi connectivity index (χ0n) is 17.1. The Labute approximate surface area is 187 Å². The number of hydrogen-bond donors (Lipinski definition) is 2. The van der Waals surface area contributed by atoms with E-state index in [2.05, 4.69) is 20.5 Å². The third kappa shape index (κ3) is 3.87. The van der Waals surface area contributed by atoms with Crippen molar-refractivity contribution in [1.29, 1.82) is 0 Å². The summed E-state index contributed by atoms with van der Waals surface area (Å²) in [5.74, 6) is 0.464. The first kappa shape index (κ1) is 20.0. The number of rotatable bonds is 5. The van der Waals surface area contributed by atoms with Gasteiger partial charge >= 0.3 is 0 Å². The Morgan fingerprint density at radius 1 is 1.25 bits per heavy atom. The molecular weight excluding hydrogens is 430 g/mol. The Balaban J connectivity index is 1.28. The molecule has 3 aromatic heterocycles. The van der Waals surface area contributed by atoms with Crippen molar-refractivity contribution in [2.75, 3.05) is 19.0 Å². The van der Waals surface area contributed by atoms with Gasteiger partial charge in [-0.1, -0.05) is 23.5 Å². The molecule has 1 aliphatic heterocycles. The van der Waals surface area contributed by atoms with Crippen LogP contribution in [0.4, 0.5) is 5.13 Å². The van der Waals surface area contributed by atoms with Gasteiger partial charge in [0.15, 0.2) is 10.9 Å². The van der Waals surface area contributed by atoms with Crippen molar-refractivity contribution in [1.82, 2.24) is 20.1 Å². The Kier molecular flexibility index (Phi) is 5.20. The summed E-state index contributed by atoms with van der Waals surface area (Å²) in [5.41, 5.74) is 2.85. The number of aromatic amines is 1. The maximum Gasteiger partial charge on any atom is 0.293 e. The van der Waals surface area contributed by atoms with Crippen LogP contribution in [-0.4, -0.2) is 45.6 Å². The first-order valence-corrected chi connectivity index (χ1v) is 10.7. The number of thiazole rings is 1. The fourth-order valence-corrected chi connectivity index (χ4v) is 4.54. The fourth-order valence-electron chi connectivity index (χ4n) is 3.52. The smallest absolute Gasteiger partial charge is 0.293 e. The van der Waals surface area contributed by atoms with Crippen molar-refractivity contribution in [3.05, 3.63) is 70.8 Å². The van der Waals surface area contributed by atoms with Crippen LogP contribution < -0.4 is 10.1 Å². The monoisotopic (exact) mass is 449 g/mol. The van der Waals surface area contributed by atoms with E-state index >= 15 is 0 Å². The molecule has 162 valence electrons. The van der Waals surface area contributed by atoms with E-state index in [1.54, 1.807) is 30.2 Å². The second-order valence-electron chi connectivity index (χ2n) is 7.20. The average Bonchev–Trinajstić information content (AvgIpc) is 3.58. The number of aromatic nitrogens is 3. The van der Waals surface area contributed by atoms with Crippen molar-refractivity contribution in [3.8, 4) is 17.0 Å². The first-order chi connectivity index (χ1) is 15.6. The lowest BCUT2D eigenvalue weighted by Gasteiger charge is -2.25. The van der Waals surface area contributed by atoms with Crippen LogP contribution in [0.5, 0.6) is 5.75 Å². The number of carbonyl (C=O) groups excluding carboxylic acids is 2. The maximum atomic E-state index is 13.0. The summed E-state index contributed by atoms with van der Waals surface area (Å²) in [4.78, 5) is 32.4. The van der Waals surface area contributed by atoms with Crippen LogP contribution in [0.15, 0.2) is 53.1 Å². The largest absolute Gasteiger partial charge is 0.497 e. The van der Waals surface area contributed by atoms with Crippen molar-refractivity contribution in [2.45, 2.75) is 13.0 Å². The minimum Gasteiger partial charge on any atom is -0.497 e. The van der Waals surface area contributed by atoms with E-state index in [-0.39, 0.29) is 17.6 Å². The Hall–Kier alpha value is -3.92. The van der Waals surface area contributed by atoms with E-state index in [4.69, 9.17) is 9.15 Å². The first-order valence-electron chi connectivity index (χ1n) is 9.93. The summed E-state index contributed by atoms with van der Waals surface area (Å²) < 4.78 is 10.4. The topological polar surface area (TPSA) is 113 Å². The highest BCUT2D eigenvalue weighted by atomic mass is 32.1. The van der Waals surface area contributed by atoms with Crippen molar-refractivity contribution < 1.29 is 18.7 Å². The van der Waals surface area contributed by atoms with Gasteiger partial charge in [-0.15, -0.1) is 0 Å². The summed E-state index contributed by atoms with van der Waals surface area (Å²) in [6.45, 7) is 0.963. The average molecular weight is 449 g/mol. The molecule has 0 atom stereocenters. The quantitative estimate of drug-likeness (QED) is 0.481. The van der Waals surface area contributed by atoms with Crippen LogP contribution in [0, 0.1) is 0 Å². The van der Waals surface area contributed by atoms with Crippen molar-refractivity contribution >= 4 is 28.3 Å². The number of benzene rings is 1. The number of anilines is 1. The molecule has 2 amide bonds. The molecule has 0 aliphatic carbocycles. The van der Waals surface area contributed by atoms with Gasteiger partial charge < -0.3 is 14.1 Å². The lowest BCUT2D eigenvalue weighted by molar-refractivity contribution is 0.0730. The molecule has 0 radical (unpaired) electrons. The summed E-state index contributed by atoms with van der Waals surface area (Å²) in [5, 5.41) is 10.4. The molecule has 2 N–H and O–H groups in total. The van der Waals surface area contributed by atoms with Gasteiger partial charge in [0.1, 0.15) is 11.4 Å². The second kappa shape index (κ2) is 8.31. The van der Waals surface area contributed by atoms with Gasteiger partial charge in [0, 0.05) is 23.4 Å². The third-order valence-corrected chi connectivity index (χ3v) is 6.16. The summed E-state index contributed by atoms with van der Waals surface area (Å²) in [7, 11) is 1.61. The van der Waals surface area contributed by atoms with Gasteiger partial charge in [0.05, 0.1) is 31.3 Å². The summed E-state index contributed by atoms with van der Waals surface area (Å²) in [6.07, 6.45) is 2.06. The molecule has 0 spiro atoms. The van der Waals surface area contributed by atoms with Crippen molar-refractivity contribution in [2.24, 2.45) is 0 Å². The highest BCUT2D eigenvalue weighted by Gasteiger charge is 2.26. The molecule has 0 bridgehead atoms. The summed E-state index contributed by atoms with van der Waals surface area (Å²) >= 11 is 1.37. The van der Waals surface area contributed by atoms with Crippen LogP contribution in [-0.2, 0) is 13.0 Å². The predicted molar refractivity (Wildman–Crippen MR) is 118 cm³/mol. The lowest BCUT2D eigenvalue weighted by Crippen LogP contribution is -2.35. The van der Waals surface area contributed by atoms with Crippen LogP contribution in [0.3, 0.4) is 0 Å². The SMILES string of the molecule is COc1cccc(-c2cc(C(=O)N3CCc4nc(NC(=O)c5ccco5)sc4C3)[nH]n2)c1. The van der Waals surface area contributed by atoms with E-state index in [1.165, 1.54) is 17.6 Å². The molecule has 10 heteroatoms. The van der Waals surface area contributed by atoms with Gasteiger partial charge in [-0.25, -0.2) is 4.98 Å². The standard InChI is InChI=1S/C22H19N5O4S/c1-30-14-5-2-4-13(10-14)16-11-17(26-25-16)21(29)27-8-7-15-19(12-27)32-22(23-15)24-20(28)18-6-3-9-31-18/h2-6,9-11H,7-8,12H2,1H3,(H,25,26)(H,23,24,28). The van der Waals surface area contributed by atoms with E-state index in [1.807, 2.05) is 24.3 Å². The molecule has 0 fully saturated rings. The second-order valence-corrected chi connectivity index (χ2v) is 8.28. The normalized spacial score (nSPS) is 13.0. The van der Waals surface area contributed by atoms with Gasteiger partial charge in [-0.3, -0.25) is 20.0 Å². The molecule has 0 saturated heterocycles. The number of methoxy groups -OCH3 is 1. The number of carbonyl (C=O) groups is 2. The zero-order valence-corrected chi connectivity index (χ0v) is 17.9. The molecule has 1 aliphatic rings. The van der Waals surface area contributed by atoms with Gasteiger partial charge in [0.2, 0.25) is 0 Å². The number of fused-ring (bicyclic) bond motifs is 1. The van der Waals surface area contributed by atoms with Gasteiger partial charge in [0.25, 0.3) is 11.8 Å². The molecule has 5 rings (SSSR count). The van der Waals surface area contributed by atoms with Crippen molar-refractivity contribution in [3.63, 3.8) is 0 Å². The molecular formula is C22H19N5O4S. The number of ether oxygens (including phenoxy) is 1. The number of nitrogens with one attached hydrogen (secondary N) is 2. The van der Waals surface area contributed by atoms with Crippen LogP contribution in [0.25, 0.3) is 11.3 Å². The highest BCUT2D eigenvalue weighted by molar-refractivity contribution is 7.15. The van der Waals surface area contributed by atoms with E-state index in [0.717, 1.165) is 21.9 Å². The predicted octanol–water partition coefficient (Wildman–Crippen LogP) is 3.59. The molecule has 9 nitrogen and oxygen atoms in total. The van der Waals surface area contributed by atoms with Crippen LogP contribution in [0.2, 0.25) is 0 Å². The Morgan fingerprint density at radius 3 is 2.97 bits per heavy atom. The number of amides is 2. The van der Waals surface area contributed by atoms with Gasteiger partial charge in [-0.2, -0.15) is 5.10 Å². The van der Waals surface area contributed by atoms with E-state index < -0.39 is 0 Å². The fraction of sp³-hybridized carbons (Fsp3) is 0.182. The molecule has 0 saturated carbocycles. The lowest BCUT2D eigenvalue weighted by atomic mass is 10.1. The van der Waals surface area contributed by atoms with E-state index in [0.29, 0.717) is 36.0 Å². The molecule has 32 heavy (non-hydrogen) atoms. The molecule has 4 aromatic rings. The van der Waals surface area contributed by atoms with Gasteiger partial charge in [-0.05, 0) is 30.3 Å². The minimum absolute atomic E-state index is 0.133. The minimum atomic E-state index is -0.350. The molecule has 1 aromatic carbocycles. The van der Waals surface area contributed by atoms with Crippen LogP contribution in [0.1, 0.15) is 31.6 Å². The highest BCUT2D eigenvalue weighted by Crippen LogP contribution is 2.30.